The molecule has 1 rings (SSSR count). The smallest absolute Gasteiger partial charge is 0.123 e. The molecule has 0 saturated carbocycles. The Balaban J connectivity index is 2.30. The second-order valence-corrected chi connectivity index (χ2v) is 2.56. The monoisotopic (exact) mass is 179 g/mol. The summed E-state index contributed by atoms with van der Waals surface area (Å²) >= 11 is 0. The third-order valence-electron chi connectivity index (χ3n) is 1.52. The molecule has 0 aliphatic carbocycles. The van der Waals surface area contributed by atoms with Gasteiger partial charge in [-0.15, -0.1) is 0 Å². The minimum absolute atomic E-state index is 0.274. The quantitative estimate of drug-likeness (QED) is 0.665. The van der Waals surface area contributed by atoms with Gasteiger partial charge in [-0.05, 0) is 30.7 Å². The van der Waals surface area contributed by atoms with Crippen LogP contribution in [-0.4, -0.2) is 6.61 Å². The van der Waals surface area contributed by atoms with Crippen molar-refractivity contribution in [1.29, 1.82) is 5.26 Å². The SMILES string of the molecule is N#CCCCOc1ccc(F)cc1. The van der Waals surface area contributed by atoms with Crippen molar-refractivity contribution >= 4 is 0 Å². The Bertz CT molecular complexity index is 289. The van der Waals surface area contributed by atoms with E-state index in [1.807, 2.05) is 6.07 Å². The fraction of sp³-hybridized carbons (Fsp3) is 0.300. The summed E-state index contributed by atoms with van der Waals surface area (Å²) in [6.07, 6.45) is 1.19. The maximum atomic E-state index is 12.4. The molecule has 0 amide bonds. The predicted octanol–water partition coefficient (Wildman–Crippen LogP) is 2.51. The first-order chi connectivity index (χ1) is 6.33. The molecule has 0 aromatic heterocycles. The Labute approximate surface area is 76.6 Å². The number of hydrogen-bond acceptors (Lipinski definition) is 2. The second kappa shape index (κ2) is 5.15. The van der Waals surface area contributed by atoms with Crippen LogP contribution in [0, 0.1) is 17.1 Å². The first-order valence-corrected chi connectivity index (χ1v) is 4.08. The number of nitrogens with zero attached hydrogens (tertiary/aromatic N) is 1. The van der Waals surface area contributed by atoms with E-state index in [1.165, 1.54) is 12.1 Å². The molecule has 0 saturated heterocycles. The summed E-state index contributed by atoms with van der Waals surface area (Å²) in [7, 11) is 0. The van der Waals surface area contributed by atoms with Gasteiger partial charge in [0.2, 0.25) is 0 Å². The van der Waals surface area contributed by atoms with E-state index in [9.17, 15) is 4.39 Å². The summed E-state index contributed by atoms with van der Waals surface area (Å²) in [5, 5.41) is 8.24. The van der Waals surface area contributed by atoms with Crippen molar-refractivity contribution < 1.29 is 9.13 Å². The average Bonchev–Trinajstić information content (AvgIpc) is 2.15. The molecular weight excluding hydrogens is 169 g/mol. The van der Waals surface area contributed by atoms with Crippen LogP contribution in [-0.2, 0) is 0 Å². The predicted molar refractivity (Wildman–Crippen MR) is 46.7 cm³/mol. The first-order valence-electron chi connectivity index (χ1n) is 4.08. The lowest BCUT2D eigenvalue weighted by atomic mass is 10.3. The van der Waals surface area contributed by atoms with Crippen LogP contribution in [0.5, 0.6) is 5.75 Å². The molecule has 0 aliphatic rings. The number of ether oxygens (including phenoxy) is 1. The van der Waals surface area contributed by atoms with Gasteiger partial charge in [0, 0.05) is 6.42 Å². The summed E-state index contributed by atoms with van der Waals surface area (Å²) < 4.78 is 17.7. The fourth-order valence-electron chi connectivity index (χ4n) is 0.872. The van der Waals surface area contributed by atoms with Gasteiger partial charge in [-0.3, -0.25) is 0 Å². The molecule has 0 unspecified atom stereocenters. The van der Waals surface area contributed by atoms with E-state index in [4.69, 9.17) is 10.00 Å². The van der Waals surface area contributed by atoms with Crippen LogP contribution in [0.3, 0.4) is 0 Å². The molecule has 13 heavy (non-hydrogen) atoms. The minimum atomic E-state index is -0.274. The number of benzene rings is 1. The zero-order valence-corrected chi connectivity index (χ0v) is 7.16. The van der Waals surface area contributed by atoms with Crippen molar-refractivity contribution in [2.45, 2.75) is 12.8 Å². The van der Waals surface area contributed by atoms with Crippen LogP contribution in [0.2, 0.25) is 0 Å². The lowest BCUT2D eigenvalue weighted by Crippen LogP contribution is -1.96. The second-order valence-electron chi connectivity index (χ2n) is 2.56. The first kappa shape index (κ1) is 9.53. The number of unbranched alkanes of at least 4 members (excludes halogenated alkanes) is 1. The van der Waals surface area contributed by atoms with Gasteiger partial charge in [-0.25, -0.2) is 4.39 Å². The summed E-state index contributed by atoms with van der Waals surface area (Å²) in [5.41, 5.74) is 0. The van der Waals surface area contributed by atoms with Gasteiger partial charge in [0.1, 0.15) is 11.6 Å². The third kappa shape index (κ3) is 3.57. The van der Waals surface area contributed by atoms with Gasteiger partial charge >= 0.3 is 0 Å². The highest BCUT2D eigenvalue weighted by atomic mass is 19.1. The summed E-state index contributed by atoms with van der Waals surface area (Å²) in [4.78, 5) is 0. The Morgan fingerprint density at radius 3 is 2.62 bits per heavy atom. The van der Waals surface area contributed by atoms with Crippen molar-refractivity contribution in [2.24, 2.45) is 0 Å². The van der Waals surface area contributed by atoms with Crippen molar-refractivity contribution in [3.63, 3.8) is 0 Å². The lowest BCUT2D eigenvalue weighted by molar-refractivity contribution is 0.312. The largest absolute Gasteiger partial charge is 0.494 e. The van der Waals surface area contributed by atoms with E-state index in [2.05, 4.69) is 0 Å². The van der Waals surface area contributed by atoms with Gasteiger partial charge in [0.15, 0.2) is 0 Å². The molecule has 1 aromatic rings. The van der Waals surface area contributed by atoms with E-state index in [0.29, 0.717) is 25.2 Å². The Morgan fingerprint density at radius 1 is 1.31 bits per heavy atom. The minimum Gasteiger partial charge on any atom is -0.494 e. The molecule has 2 nitrogen and oxygen atoms in total. The summed E-state index contributed by atoms with van der Waals surface area (Å²) in [6.45, 7) is 0.499. The third-order valence-corrected chi connectivity index (χ3v) is 1.52. The summed E-state index contributed by atoms with van der Waals surface area (Å²) in [6, 6.07) is 7.86. The van der Waals surface area contributed by atoms with E-state index < -0.39 is 0 Å². The number of rotatable bonds is 4. The highest BCUT2D eigenvalue weighted by molar-refractivity contribution is 5.21. The molecule has 0 N–H and O–H groups in total. The van der Waals surface area contributed by atoms with Crippen LogP contribution in [0.1, 0.15) is 12.8 Å². The molecule has 1 aromatic carbocycles. The standard InChI is InChI=1S/C10H10FNO/c11-9-3-5-10(6-4-9)13-8-2-1-7-12/h3-6H,1-2,8H2. The van der Waals surface area contributed by atoms with E-state index in [1.54, 1.807) is 12.1 Å². The fourth-order valence-corrected chi connectivity index (χ4v) is 0.872. The van der Waals surface area contributed by atoms with Crippen molar-refractivity contribution in [1.82, 2.24) is 0 Å². The maximum Gasteiger partial charge on any atom is 0.123 e. The van der Waals surface area contributed by atoms with Crippen LogP contribution < -0.4 is 4.74 Å². The zero-order valence-electron chi connectivity index (χ0n) is 7.16. The van der Waals surface area contributed by atoms with E-state index in [-0.39, 0.29) is 5.82 Å². The molecule has 68 valence electrons. The van der Waals surface area contributed by atoms with Crippen LogP contribution >= 0.6 is 0 Å². The number of nitriles is 1. The Kier molecular flexibility index (Phi) is 3.77. The topological polar surface area (TPSA) is 33.0 Å². The van der Waals surface area contributed by atoms with Gasteiger partial charge in [0.05, 0.1) is 12.7 Å². The number of halogens is 1. The average molecular weight is 179 g/mol. The van der Waals surface area contributed by atoms with Crippen LogP contribution in [0.25, 0.3) is 0 Å². The lowest BCUT2D eigenvalue weighted by Gasteiger charge is -2.03. The molecule has 0 heterocycles. The van der Waals surface area contributed by atoms with Gasteiger partial charge in [0.25, 0.3) is 0 Å². The van der Waals surface area contributed by atoms with Gasteiger partial charge in [-0.2, -0.15) is 5.26 Å². The van der Waals surface area contributed by atoms with Crippen LogP contribution in [0.15, 0.2) is 24.3 Å². The molecule has 0 spiro atoms. The Hall–Kier alpha value is -1.56. The van der Waals surface area contributed by atoms with Crippen molar-refractivity contribution in [2.75, 3.05) is 6.61 Å². The molecule has 0 atom stereocenters. The van der Waals surface area contributed by atoms with Gasteiger partial charge < -0.3 is 4.74 Å². The molecule has 3 heteroatoms. The highest BCUT2D eigenvalue weighted by Crippen LogP contribution is 2.11. The van der Waals surface area contributed by atoms with Crippen molar-refractivity contribution in [3.8, 4) is 11.8 Å². The maximum absolute atomic E-state index is 12.4. The van der Waals surface area contributed by atoms with E-state index >= 15 is 0 Å². The van der Waals surface area contributed by atoms with Crippen LogP contribution in [0.4, 0.5) is 4.39 Å². The zero-order chi connectivity index (χ0) is 9.52. The molecular formula is C10H10FNO. The molecule has 0 bridgehead atoms. The van der Waals surface area contributed by atoms with E-state index in [0.717, 1.165) is 0 Å². The van der Waals surface area contributed by atoms with Gasteiger partial charge in [-0.1, -0.05) is 0 Å². The molecule has 0 radical (unpaired) electrons. The Morgan fingerprint density at radius 2 is 2.00 bits per heavy atom. The number of hydrogen-bond donors (Lipinski definition) is 0. The highest BCUT2D eigenvalue weighted by Gasteiger charge is 1.93. The van der Waals surface area contributed by atoms with Crippen molar-refractivity contribution in [3.05, 3.63) is 30.1 Å². The molecule has 0 fully saturated rings. The normalized spacial score (nSPS) is 9.23. The molecule has 0 aliphatic heterocycles. The summed E-state index contributed by atoms with van der Waals surface area (Å²) in [5.74, 6) is 0.365.